The molecule has 9 heavy (non-hydrogen) atoms. The van der Waals surface area contributed by atoms with E-state index < -0.39 is 12.0 Å². The molecule has 0 heterocycles. The lowest BCUT2D eigenvalue weighted by atomic mass is 10.2. The van der Waals surface area contributed by atoms with Crippen LogP contribution in [0.5, 0.6) is 0 Å². The minimum Gasteiger partial charge on any atom is -0.393 e. The number of hydrogen-bond donors (Lipinski definition) is 2. The molecule has 0 fully saturated rings. The summed E-state index contributed by atoms with van der Waals surface area (Å²) in [6.07, 6.45) is 0.117. The van der Waals surface area contributed by atoms with Crippen molar-refractivity contribution in [1.82, 2.24) is 0 Å². The molecule has 56 valence electrons. The fourth-order valence-corrected chi connectivity index (χ4v) is 0.377. The van der Waals surface area contributed by atoms with Crippen LogP contribution in [-0.4, -0.2) is 17.1 Å². The normalized spacial score (nSPS) is 11.8. The summed E-state index contributed by atoms with van der Waals surface area (Å²) in [4.78, 5) is 10.0. The van der Waals surface area contributed by atoms with Gasteiger partial charge in [0, 0.05) is 0 Å². The molecule has 0 aromatic heterocycles. The van der Waals surface area contributed by atoms with E-state index in [2.05, 4.69) is 0 Å². The highest BCUT2D eigenvalue weighted by molar-refractivity contribution is 5.85. The van der Waals surface area contributed by atoms with Crippen LogP contribution < -0.4 is 5.73 Å². The maximum Gasteiger partial charge on any atom is 0.220 e. The summed E-state index contributed by atoms with van der Waals surface area (Å²) in [5.74, 6) is -0.445. The average molecular weight is 154 g/mol. The summed E-state index contributed by atoms with van der Waals surface area (Å²) < 4.78 is 0. The zero-order chi connectivity index (χ0) is 6.57. The van der Waals surface area contributed by atoms with Crippen LogP contribution in [0.2, 0.25) is 0 Å². The van der Waals surface area contributed by atoms with Gasteiger partial charge in [-0.2, -0.15) is 0 Å². The van der Waals surface area contributed by atoms with Gasteiger partial charge < -0.3 is 10.8 Å². The van der Waals surface area contributed by atoms with Gasteiger partial charge in [-0.1, -0.05) is 6.92 Å². The lowest BCUT2D eigenvalue weighted by Gasteiger charge is -2.01. The second-order valence-corrected chi connectivity index (χ2v) is 1.73. The molecule has 0 radical (unpaired) electrons. The molecule has 0 saturated heterocycles. The van der Waals surface area contributed by atoms with Gasteiger partial charge in [0.15, 0.2) is 0 Å². The first-order valence-electron chi connectivity index (χ1n) is 2.63. The number of carbonyl (C=O) groups is 1. The molecule has 0 saturated carbocycles. The first-order valence-corrected chi connectivity index (χ1v) is 2.63. The first kappa shape index (κ1) is 11.5. The van der Waals surface area contributed by atoms with E-state index in [1.807, 2.05) is 0 Å². The number of carbonyl (C=O) groups excluding carboxylic acids is 1. The van der Waals surface area contributed by atoms with Crippen molar-refractivity contribution in [2.24, 2.45) is 5.73 Å². The van der Waals surface area contributed by atoms with E-state index >= 15 is 0 Å². The quantitative estimate of drug-likeness (QED) is 0.602. The Hall–Kier alpha value is -0.280. The van der Waals surface area contributed by atoms with Gasteiger partial charge in [-0.25, -0.2) is 0 Å². The summed E-state index contributed by atoms with van der Waals surface area (Å²) in [6.45, 7) is 1.80. The third-order valence-electron chi connectivity index (χ3n) is 0.908. The lowest BCUT2D eigenvalue weighted by molar-refractivity contribution is -0.119. The largest absolute Gasteiger partial charge is 0.393 e. The Morgan fingerprint density at radius 3 is 2.33 bits per heavy atom. The zero-order valence-corrected chi connectivity index (χ0v) is 6.15. The van der Waals surface area contributed by atoms with E-state index in [-0.39, 0.29) is 18.8 Å². The Balaban J connectivity index is 0. The van der Waals surface area contributed by atoms with Gasteiger partial charge in [0.1, 0.15) is 0 Å². The molecule has 0 bridgehead atoms. The van der Waals surface area contributed by atoms with E-state index in [1.165, 1.54) is 0 Å². The second-order valence-electron chi connectivity index (χ2n) is 1.73. The Bertz CT molecular complexity index is 87.0. The minimum atomic E-state index is -0.549. The molecule has 0 rings (SSSR count). The Morgan fingerprint density at radius 2 is 2.22 bits per heavy atom. The van der Waals surface area contributed by atoms with E-state index in [1.54, 1.807) is 6.92 Å². The third kappa shape index (κ3) is 7.72. The number of aliphatic hydroxyl groups is 1. The Labute approximate surface area is 60.6 Å². The predicted molar refractivity (Wildman–Crippen MR) is 37.4 cm³/mol. The molecule has 0 aliphatic heterocycles. The molecule has 1 atom stereocenters. The molecule has 1 unspecified atom stereocenters. The summed E-state index contributed by atoms with van der Waals surface area (Å²) in [5.41, 5.74) is 4.77. The fourth-order valence-electron chi connectivity index (χ4n) is 0.377. The maximum absolute atomic E-state index is 10.0. The van der Waals surface area contributed by atoms with Crippen LogP contribution >= 0.6 is 12.4 Å². The number of hydrogen-bond acceptors (Lipinski definition) is 2. The second kappa shape index (κ2) is 5.85. The van der Waals surface area contributed by atoms with Crippen molar-refractivity contribution in [1.29, 1.82) is 0 Å². The van der Waals surface area contributed by atoms with Crippen molar-refractivity contribution in [2.75, 3.05) is 0 Å². The monoisotopic (exact) mass is 153 g/mol. The van der Waals surface area contributed by atoms with Gasteiger partial charge >= 0.3 is 0 Å². The van der Waals surface area contributed by atoms with E-state index in [0.29, 0.717) is 6.42 Å². The molecule has 0 aliphatic rings. The molecule has 4 heteroatoms. The van der Waals surface area contributed by atoms with Gasteiger partial charge in [0.05, 0.1) is 12.5 Å². The molecule has 0 aliphatic carbocycles. The number of primary amides is 1. The third-order valence-corrected chi connectivity index (χ3v) is 0.908. The molecular formula is C5H12ClNO2. The number of halogens is 1. The van der Waals surface area contributed by atoms with E-state index in [9.17, 15) is 4.79 Å². The molecule has 3 nitrogen and oxygen atoms in total. The van der Waals surface area contributed by atoms with Crippen LogP contribution in [0, 0.1) is 0 Å². The Kier molecular flexibility index (Phi) is 7.48. The van der Waals surface area contributed by atoms with Gasteiger partial charge in [0.2, 0.25) is 5.91 Å². The first-order chi connectivity index (χ1) is 3.66. The minimum absolute atomic E-state index is 0. The fraction of sp³-hybridized carbons (Fsp3) is 0.800. The van der Waals surface area contributed by atoms with Crippen LogP contribution in [0.25, 0.3) is 0 Å². The molecule has 0 aromatic rings. The zero-order valence-electron chi connectivity index (χ0n) is 5.33. The van der Waals surface area contributed by atoms with Crippen LogP contribution in [-0.2, 0) is 4.79 Å². The van der Waals surface area contributed by atoms with Crippen molar-refractivity contribution in [3.63, 3.8) is 0 Å². The standard InChI is InChI=1S/C5H11NO2.ClH/c1-2-4(7)3-5(6)8;/h4,7H,2-3H2,1H3,(H2,6,8);1H. The molecule has 0 aromatic carbocycles. The average Bonchev–Trinajstić information content (AvgIpc) is 1.65. The predicted octanol–water partition coefficient (Wildman–Crippen LogP) is 0.0545. The summed E-state index contributed by atoms with van der Waals surface area (Å²) in [6, 6.07) is 0. The van der Waals surface area contributed by atoms with Gasteiger partial charge in [-0.15, -0.1) is 12.4 Å². The topological polar surface area (TPSA) is 63.3 Å². The molecule has 1 amide bonds. The van der Waals surface area contributed by atoms with Crippen LogP contribution in [0.3, 0.4) is 0 Å². The highest BCUT2D eigenvalue weighted by Crippen LogP contribution is 1.93. The van der Waals surface area contributed by atoms with Crippen LogP contribution in [0.4, 0.5) is 0 Å². The summed E-state index contributed by atoms with van der Waals surface area (Å²) in [5, 5.41) is 8.73. The maximum atomic E-state index is 10.0. The smallest absolute Gasteiger partial charge is 0.220 e. The SMILES string of the molecule is CCC(O)CC(N)=O.Cl. The lowest BCUT2D eigenvalue weighted by Crippen LogP contribution is -2.18. The van der Waals surface area contributed by atoms with Gasteiger partial charge in [-0.05, 0) is 6.42 Å². The highest BCUT2D eigenvalue weighted by atomic mass is 35.5. The van der Waals surface area contributed by atoms with E-state index in [4.69, 9.17) is 10.8 Å². The number of nitrogens with two attached hydrogens (primary N) is 1. The highest BCUT2D eigenvalue weighted by Gasteiger charge is 2.02. The van der Waals surface area contributed by atoms with Gasteiger partial charge in [-0.3, -0.25) is 4.79 Å². The van der Waals surface area contributed by atoms with Crippen molar-refractivity contribution in [3.05, 3.63) is 0 Å². The van der Waals surface area contributed by atoms with Gasteiger partial charge in [0.25, 0.3) is 0 Å². The van der Waals surface area contributed by atoms with Crippen molar-refractivity contribution < 1.29 is 9.90 Å². The molecule has 0 spiro atoms. The van der Waals surface area contributed by atoms with Crippen LogP contribution in [0.1, 0.15) is 19.8 Å². The summed E-state index contributed by atoms with van der Waals surface area (Å²) in [7, 11) is 0. The van der Waals surface area contributed by atoms with Crippen molar-refractivity contribution in [2.45, 2.75) is 25.9 Å². The number of rotatable bonds is 3. The summed E-state index contributed by atoms with van der Waals surface area (Å²) >= 11 is 0. The van der Waals surface area contributed by atoms with Crippen molar-refractivity contribution >= 4 is 18.3 Å². The van der Waals surface area contributed by atoms with Crippen molar-refractivity contribution in [3.8, 4) is 0 Å². The molecule has 3 N–H and O–H groups in total. The van der Waals surface area contributed by atoms with Crippen LogP contribution in [0.15, 0.2) is 0 Å². The number of amides is 1. The van der Waals surface area contributed by atoms with E-state index in [0.717, 1.165) is 0 Å². The number of aliphatic hydroxyl groups excluding tert-OH is 1. The Morgan fingerprint density at radius 1 is 1.78 bits per heavy atom. The molecular weight excluding hydrogens is 142 g/mol.